The molecule has 0 aliphatic carbocycles. The molecule has 1 nitrogen and oxygen atoms in total. The van der Waals surface area contributed by atoms with Crippen LogP contribution in [0.4, 0.5) is 18.9 Å². The van der Waals surface area contributed by atoms with Crippen molar-refractivity contribution >= 4 is 5.69 Å². The Labute approximate surface area is 74.6 Å². The van der Waals surface area contributed by atoms with E-state index in [-0.39, 0.29) is 0 Å². The average Bonchev–Trinajstić information content (AvgIpc) is 2.04. The van der Waals surface area contributed by atoms with Crippen molar-refractivity contribution in [1.29, 1.82) is 0 Å². The Hall–Kier alpha value is -1.19. The summed E-state index contributed by atoms with van der Waals surface area (Å²) in [5.41, 5.74) is -0.122. The van der Waals surface area contributed by atoms with Crippen LogP contribution in [-0.2, 0) is 6.18 Å². The fourth-order valence-corrected chi connectivity index (χ4v) is 1.01. The van der Waals surface area contributed by atoms with Gasteiger partial charge < -0.3 is 5.32 Å². The summed E-state index contributed by atoms with van der Waals surface area (Å²) in [6.45, 7) is 2.45. The molecule has 1 rings (SSSR count). The molecule has 0 aromatic heterocycles. The Morgan fingerprint density at radius 1 is 1.31 bits per heavy atom. The number of anilines is 1. The Morgan fingerprint density at radius 3 is 2.54 bits per heavy atom. The predicted molar refractivity (Wildman–Crippen MR) is 45.6 cm³/mol. The molecular weight excluding hydrogens is 179 g/mol. The van der Waals surface area contributed by atoms with E-state index in [0.717, 1.165) is 12.1 Å². The van der Waals surface area contributed by atoms with Gasteiger partial charge in [0.2, 0.25) is 0 Å². The molecule has 1 N–H and O–H groups in total. The van der Waals surface area contributed by atoms with E-state index < -0.39 is 11.7 Å². The summed E-state index contributed by atoms with van der Waals surface area (Å²) >= 11 is 0. The van der Waals surface area contributed by atoms with Gasteiger partial charge in [-0.2, -0.15) is 13.2 Å². The van der Waals surface area contributed by atoms with Gasteiger partial charge in [0.15, 0.2) is 0 Å². The van der Waals surface area contributed by atoms with Gasteiger partial charge in [-0.15, -0.1) is 0 Å². The zero-order valence-corrected chi connectivity index (χ0v) is 7.15. The smallest absolute Gasteiger partial charge is 0.385 e. The molecule has 0 amide bonds. The molecule has 13 heavy (non-hydrogen) atoms. The molecule has 1 aromatic rings. The van der Waals surface area contributed by atoms with Crippen LogP contribution in [0.1, 0.15) is 12.5 Å². The van der Waals surface area contributed by atoms with E-state index >= 15 is 0 Å². The maximum atomic E-state index is 12.2. The van der Waals surface area contributed by atoms with Crippen molar-refractivity contribution in [3.63, 3.8) is 0 Å². The van der Waals surface area contributed by atoms with E-state index in [1.165, 1.54) is 6.07 Å². The largest absolute Gasteiger partial charge is 0.416 e. The average molecular weight is 189 g/mol. The van der Waals surface area contributed by atoms with Gasteiger partial charge in [-0.05, 0) is 25.1 Å². The maximum absolute atomic E-state index is 12.2. The van der Waals surface area contributed by atoms with Gasteiger partial charge in [0, 0.05) is 12.2 Å². The van der Waals surface area contributed by atoms with Crippen LogP contribution in [0.25, 0.3) is 0 Å². The Bertz CT molecular complexity index is 280. The van der Waals surface area contributed by atoms with Crippen molar-refractivity contribution in [2.45, 2.75) is 13.1 Å². The molecule has 72 valence electrons. The fourth-order valence-electron chi connectivity index (χ4n) is 1.01. The van der Waals surface area contributed by atoms with E-state index in [1.54, 1.807) is 6.07 Å². The molecule has 0 saturated heterocycles. The highest BCUT2D eigenvalue weighted by Gasteiger charge is 2.30. The first-order valence-electron chi connectivity index (χ1n) is 3.95. The monoisotopic (exact) mass is 189 g/mol. The van der Waals surface area contributed by atoms with Crippen LogP contribution in [0.5, 0.6) is 0 Å². The molecule has 0 aliphatic rings. The van der Waals surface area contributed by atoms with Crippen molar-refractivity contribution in [2.24, 2.45) is 0 Å². The second-order valence-corrected chi connectivity index (χ2v) is 2.61. The van der Waals surface area contributed by atoms with Gasteiger partial charge in [0.25, 0.3) is 0 Å². The van der Waals surface area contributed by atoms with Crippen LogP contribution >= 0.6 is 0 Å². The van der Waals surface area contributed by atoms with E-state index in [0.29, 0.717) is 12.2 Å². The second-order valence-electron chi connectivity index (χ2n) is 2.61. The molecule has 0 atom stereocenters. The Morgan fingerprint density at radius 2 is 2.00 bits per heavy atom. The van der Waals surface area contributed by atoms with Gasteiger partial charge in [0.05, 0.1) is 5.56 Å². The highest BCUT2D eigenvalue weighted by Crippen LogP contribution is 2.30. The summed E-state index contributed by atoms with van der Waals surface area (Å²) < 4.78 is 36.5. The van der Waals surface area contributed by atoms with E-state index in [1.807, 2.05) is 6.92 Å². The fraction of sp³-hybridized carbons (Fsp3) is 0.333. The molecule has 0 bridgehead atoms. The first-order valence-corrected chi connectivity index (χ1v) is 3.95. The van der Waals surface area contributed by atoms with Crippen molar-refractivity contribution < 1.29 is 13.2 Å². The van der Waals surface area contributed by atoms with E-state index in [9.17, 15) is 13.2 Å². The SMILES string of the molecule is CCNc1cccc(C(F)(F)F)c1. The second kappa shape index (κ2) is 3.68. The lowest BCUT2D eigenvalue weighted by atomic mass is 10.2. The van der Waals surface area contributed by atoms with Gasteiger partial charge in [-0.3, -0.25) is 0 Å². The summed E-state index contributed by atoms with van der Waals surface area (Å²) in [4.78, 5) is 0. The molecule has 0 heterocycles. The predicted octanol–water partition coefficient (Wildman–Crippen LogP) is 3.14. The minimum Gasteiger partial charge on any atom is -0.385 e. The first-order chi connectivity index (χ1) is 6.04. The number of hydrogen-bond acceptors (Lipinski definition) is 1. The van der Waals surface area contributed by atoms with Gasteiger partial charge in [-0.1, -0.05) is 6.07 Å². The van der Waals surface area contributed by atoms with E-state index in [2.05, 4.69) is 5.32 Å². The zero-order chi connectivity index (χ0) is 9.90. The molecule has 0 saturated carbocycles. The lowest BCUT2D eigenvalue weighted by Gasteiger charge is -2.08. The van der Waals surface area contributed by atoms with Crippen molar-refractivity contribution in [1.82, 2.24) is 0 Å². The lowest BCUT2D eigenvalue weighted by Crippen LogP contribution is -2.06. The zero-order valence-electron chi connectivity index (χ0n) is 7.15. The normalized spacial score (nSPS) is 11.4. The molecular formula is C9H10F3N. The summed E-state index contributed by atoms with van der Waals surface area (Å²) in [6, 6.07) is 5.16. The molecule has 0 unspecified atom stereocenters. The third-order valence-corrected chi connectivity index (χ3v) is 1.57. The third-order valence-electron chi connectivity index (χ3n) is 1.57. The molecule has 1 aromatic carbocycles. The lowest BCUT2D eigenvalue weighted by molar-refractivity contribution is -0.137. The van der Waals surface area contributed by atoms with Crippen molar-refractivity contribution in [2.75, 3.05) is 11.9 Å². The minimum absolute atomic E-state index is 0.498. The summed E-state index contributed by atoms with van der Waals surface area (Å²) in [5, 5.41) is 2.82. The van der Waals surface area contributed by atoms with Crippen molar-refractivity contribution in [3.05, 3.63) is 29.8 Å². The van der Waals surface area contributed by atoms with Gasteiger partial charge in [0.1, 0.15) is 0 Å². The minimum atomic E-state index is -4.26. The molecule has 0 radical (unpaired) electrons. The molecule has 0 spiro atoms. The molecule has 4 heteroatoms. The van der Waals surface area contributed by atoms with Crippen LogP contribution in [0.2, 0.25) is 0 Å². The number of rotatable bonds is 2. The Kier molecular flexibility index (Phi) is 2.80. The quantitative estimate of drug-likeness (QED) is 0.753. The van der Waals surface area contributed by atoms with Crippen LogP contribution in [0.3, 0.4) is 0 Å². The number of alkyl halides is 3. The number of hydrogen-bond donors (Lipinski definition) is 1. The van der Waals surface area contributed by atoms with Gasteiger partial charge >= 0.3 is 6.18 Å². The standard InChI is InChI=1S/C9H10F3N/c1-2-13-8-5-3-4-7(6-8)9(10,11)12/h3-6,13H,2H2,1H3. The number of benzene rings is 1. The maximum Gasteiger partial charge on any atom is 0.416 e. The summed E-state index contributed by atoms with van der Waals surface area (Å²) in [5.74, 6) is 0. The van der Waals surface area contributed by atoms with Crippen LogP contribution in [0.15, 0.2) is 24.3 Å². The first kappa shape index (κ1) is 9.89. The van der Waals surface area contributed by atoms with Crippen LogP contribution in [0, 0.1) is 0 Å². The van der Waals surface area contributed by atoms with E-state index in [4.69, 9.17) is 0 Å². The highest BCUT2D eigenvalue weighted by atomic mass is 19.4. The highest BCUT2D eigenvalue weighted by molar-refractivity contribution is 5.46. The van der Waals surface area contributed by atoms with Gasteiger partial charge in [-0.25, -0.2) is 0 Å². The Balaban J connectivity index is 2.92. The van der Waals surface area contributed by atoms with Crippen molar-refractivity contribution in [3.8, 4) is 0 Å². The number of nitrogens with one attached hydrogen (secondary N) is 1. The summed E-state index contributed by atoms with van der Waals surface area (Å²) in [7, 11) is 0. The van der Waals surface area contributed by atoms with Crippen LogP contribution in [-0.4, -0.2) is 6.54 Å². The van der Waals surface area contributed by atoms with Crippen LogP contribution < -0.4 is 5.32 Å². The third kappa shape index (κ3) is 2.65. The topological polar surface area (TPSA) is 12.0 Å². The number of halogens is 3. The molecule has 0 fully saturated rings. The molecule has 0 aliphatic heterocycles. The summed E-state index contributed by atoms with van der Waals surface area (Å²) in [6.07, 6.45) is -4.26.